The molecule has 0 atom stereocenters. The summed E-state index contributed by atoms with van der Waals surface area (Å²) in [6.45, 7) is 0. The lowest BCUT2D eigenvalue weighted by molar-refractivity contribution is 1.08. The molecule has 0 aliphatic rings. The molecule has 0 unspecified atom stereocenters. The zero-order chi connectivity index (χ0) is 25.3. The quantitative estimate of drug-likeness (QED) is 0.250. The number of fused-ring (bicyclic) bond motifs is 2. The lowest BCUT2D eigenvalue weighted by atomic mass is 9.98. The van der Waals surface area contributed by atoms with E-state index >= 15 is 0 Å². The van der Waals surface area contributed by atoms with E-state index in [1.807, 2.05) is 36.4 Å². The Bertz CT molecular complexity index is 1910. The molecule has 1 aromatic heterocycles. The smallest absolute Gasteiger partial charge is 0.164 e. The topological polar surface area (TPSA) is 38.7 Å². The molecule has 0 fully saturated rings. The normalized spacial score (nSPS) is 11.2. The maximum Gasteiger partial charge on any atom is 0.164 e. The van der Waals surface area contributed by atoms with Crippen molar-refractivity contribution in [3.05, 3.63) is 140 Å². The highest BCUT2D eigenvalue weighted by molar-refractivity contribution is 5.99. The number of hydrogen-bond acceptors (Lipinski definition) is 3. The third-order valence-corrected chi connectivity index (χ3v) is 6.93. The van der Waals surface area contributed by atoms with Crippen LogP contribution in [0.25, 0.3) is 66.8 Å². The summed E-state index contributed by atoms with van der Waals surface area (Å²) in [5, 5.41) is 4.54. The number of hydrogen-bond donors (Lipinski definition) is 0. The summed E-state index contributed by atoms with van der Waals surface area (Å²) in [5.41, 5.74) is 5.29. The van der Waals surface area contributed by atoms with Gasteiger partial charge in [0.15, 0.2) is 17.5 Å². The van der Waals surface area contributed by atoms with Gasteiger partial charge in [0.1, 0.15) is 0 Å². The third-order valence-electron chi connectivity index (χ3n) is 6.93. The van der Waals surface area contributed by atoms with Gasteiger partial charge >= 0.3 is 0 Å². The van der Waals surface area contributed by atoms with Crippen molar-refractivity contribution in [2.75, 3.05) is 0 Å². The van der Waals surface area contributed by atoms with Crippen molar-refractivity contribution in [1.82, 2.24) is 15.0 Å². The summed E-state index contributed by atoms with van der Waals surface area (Å²) < 4.78 is 0. The Labute approximate surface area is 221 Å². The molecule has 0 spiro atoms. The minimum Gasteiger partial charge on any atom is -0.208 e. The summed E-state index contributed by atoms with van der Waals surface area (Å²) in [6.07, 6.45) is 0. The van der Waals surface area contributed by atoms with Crippen molar-refractivity contribution in [1.29, 1.82) is 0 Å². The second-order valence-corrected chi connectivity index (χ2v) is 9.31. The van der Waals surface area contributed by atoms with Crippen molar-refractivity contribution in [2.45, 2.75) is 0 Å². The lowest BCUT2D eigenvalue weighted by Crippen LogP contribution is -2.01. The molecule has 1 heterocycles. The first-order valence-corrected chi connectivity index (χ1v) is 12.7. The van der Waals surface area contributed by atoms with Gasteiger partial charge in [-0.05, 0) is 38.7 Å². The van der Waals surface area contributed by atoms with Crippen LogP contribution in [-0.4, -0.2) is 15.0 Å². The van der Waals surface area contributed by atoms with Gasteiger partial charge in [-0.3, -0.25) is 0 Å². The lowest BCUT2D eigenvalue weighted by Gasteiger charge is -2.12. The highest BCUT2D eigenvalue weighted by atomic mass is 15.0. The maximum absolute atomic E-state index is 5.08. The molecule has 0 saturated carbocycles. The Hall–Kier alpha value is -5.15. The van der Waals surface area contributed by atoms with E-state index in [0.717, 1.165) is 43.8 Å². The van der Waals surface area contributed by atoms with Gasteiger partial charge in [-0.1, -0.05) is 133 Å². The van der Waals surface area contributed by atoms with Crippen LogP contribution in [0.4, 0.5) is 0 Å². The van der Waals surface area contributed by atoms with Crippen LogP contribution in [0.5, 0.6) is 0 Å². The Morgan fingerprint density at radius 1 is 0.316 bits per heavy atom. The van der Waals surface area contributed by atoms with Gasteiger partial charge in [0.2, 0.25) is 0 Å². The molecule has 0 N–H and O–H groups in total. The van der Waals surface area contributed by atoms with Gasteiger partial charge < -0.3 is 0 Å². The Morgan fingerprint density at radius 2 is 0.842 bits per heavy atom. The van der Waals surface area contributed by atoms with Gasteiger partial charge in [0.05, 0.1) is 0 Å². The van der Waals surface area contributed by atoms with Crippen molar-refractivity contribution >= 4 is 21.5 Å². The zero-order valence-corrected chi connectivity index (χ0v) is 20.6. The maximum atomic E-state index is 5.08. The van der Waals surface area contributed by atoms with Crippen LogP contribution in [0.3, 0.4) is 0 Å². The van der Waals surface area contributed by atoms with E-state index in [1.54, 1.807) is 0 Å². The number of benzene rings is 6. The van der Waals surface area contributed by atoms with E-state index in [2.05, 4.69) is 103 Å². The van der Waals surface area contributed by atoms with Crippen LogP contribution in [0.15, 0.2) is 140 Å². The molecular weight excluding hydrogens is 462 g/mol. The summed E-state index contributed by atoms with van der Waals surface area (Å²) in [7, 11) is 0. The first kappa shape index (κ1) is 22.1. The predicted molar refractivity (Wildman–Crippen MR) is 157 cm³/mol. The molecule has 7 aromatic rings. The van der Waals surface area contributed by atoms with E-state index in [-0.39, 0.29) is 0 Å². The molecule has 0 saturated heterocycles. The number of aromatic nitrogens is 3. The van der Waals surface area contributed by atoms with Crippen LogP contribution in [-0.2, 0) is 0 Å². The summed E-state index contributed by atoms with van der Waals surface area (Å²) in [6, 6.07) is 48.1. The molecule has 0 amide bonds. The Kier molecular flexibility index (Phi) is 5.45. The second kappa shape index (κ2) is 9.38. The molecule has 0 bridgehead atoms. The fraction of sp³-hybridized carbons (Fsp3) is 0. The van der Waals surface area contributed by atoms with Gasteiger partial charge in [-0.25, -0.2) is 15.0 Å². The SMILES string of the molecule is c1ccc(-c2ccc3cccc(-c4nc(-c5ccccc5)nc(-c5cccc6ccccc56)n4)c3c2)cc1. The highest BCUT2D eigenvalue weighted by Crippen LogP contribution is 2.34. The van der Waals surface area contributed by atoms with Crippen molar-refractivity contribution in [2.24, 2.45) is 0 Å². The highest BCUT2D eigenvalue weighted by Gasteiger charge is 2.16. The van der Waals surface area contributed by atoms with Gasteiger partial charge in [-0.2, -0.15) is 0 Å². The van der Waals surface area contributed by atoms with Crippen LogP contribution in [0, 0.1) is 0 Å². The minimum absolute atomic E-state index is 0.662. The molecule has 7 rings (SSSR count). The fourth-order valence-electron chi connectivity index (χ4n) is 5.03. The summed E-state index contributed by atoms with van der Waals surface area (Å²) in [5.74, 6) is 1.99. The monoisotopic (exact) mass is 485 g/mol. The molecule has 3 heteroatoms. The molecule has 3 nitrogen and oxygen atoms in total. The predicted octanol–water partition coefficient (Wildman–Crippen LogP) is 8.85. The Morgan fingerprint density at radius 3 is 1.55 bits per heavy atom. The van der Waals surface area contributed by atoms with E-state index in [0.29, 0.717) is 17.5 Å². The molecule has 178 valence electrons. The van der Waals surface area contributed by atoms with Gasteiger partial charge in [0, 0.05) is 16.7 Å². The minimum atomic E-state index is 0.662. The summed E-state index contributed by atoms with van der Waals surface area (Å²) in [4.78, 5) is 15.1. The first-order chi connectivity index (χ1) is 18.8. The van der Waals surface area contributed by atoms with E-state index in [9.17, 15) is 0 Å². The zero-order valence-electron chi connectivity index (χ0n) is 20.6. The molecule has 38 heavy (non-hydrogen) atoms. The molecular formula is C35H23N3. The number of rotatable bonds is 4. The molecule has 0 aliphatic heterocycles. The number of nitrogens with zero attached hydrogens (tertiary/aromatic N) is 3. The molecule has 6 aromatic carbocycles. The summed E-state index contributed by atoms with van der Waals surface area (Å²) >= 11 is 0. The van der Waals surface area contributed by atoms with E-state index in [1.165, 1.54) is 5.56 Å². The average molecular weight is 486 g/mol. The Balaban J connectivity index is 1.49. The fourth-order valence-corrected chi connectivity index (χ4v) is 5.03. The van der Waals surface area contributed by atoms with Crippen molar-refractivity contribution in [3.63, 3.8) is 0 Å². The van der Waals surface area contributed by atoms with Gasteiger partial charge in [0.25, 0.3) is 0 Å². The van der Waals surface area contributed by atoms with E-state index in [4.69, 9.17) is 15.0 Å². The largest absolute Gasteiger partial charge is 0.208 e. The first-order valence-electron chi connectivity index (χ1n) is 12.7. The standard InChI is InChI=1S/C35H23N3/c1-3-11-24(12-4-1)28-22-21-26-17-10-20-31(32(26)23-28)35-37-33(27-14-5-2-6-15-27)36-34(38-35)30-19-9-16-25-13-7-8-18-29(25)30/h1-23H. The van der Waals surface area contributed by atoms with Gasteiger partial charge in [-0.15, -0.1) is 0 Å². The average Bonchev–Trinajstić information content (AvgIpc) is 3.01. The van der Waals surface area contributed by atoms with Crippen molar-refractivity contribution < 1.29 is 0 Å². The van der Waals surface area contributed by atoms with Crippen LogP contribution in [0.1, 0.15) is 0 Å². The van der Waals surface area contributed by atoms with Crippen LogP contribution in [0.2, 0.25) is 0 Å². The van der Waals surface area contributed by atoms with Crippen LogP contribution >= 0.6 is 0 Å². The third kappa shape index (κ3) is 4.00. The second-order valence-electron chi connectivity index (χ2n) is 9.31. The van der Waals surface area contributed by atoms with E-state index < -0.39 is 0 Å². The molecule has 0 aliphatic carbocycles. The van der Waals surface area contributed by atoms with Crippen LogP contribution < -0.4 is 0 Å². The van der Waals surface area contributed by atoms with Crippen molar-refractivity contribution in [3.8, 4) is 45.3 Å². The molecule has 0 radical (unpaired) electrons.